The van der Waals surface area contributed by atoms with Gasteiger partial charge in [-0.25, -0.2) is 0 Å². The number of hydrogen-bond acceptors (Lipinski definition) is 6. The average Bonchev–Trinajstić information content (AvgIpc) is 2.31. The van der Waals surface area contributed by atoms with Crippen molar-refractivity contribution in [3.63, 3.8) is 0 Å². The number of aldehydes is 1. The van der Waals surface area contributed by atoms with Gasteiger partial charge in [0.1, 0.15) is 12.1 Å². The fourth-order valence-electron chi connectivity index (χ4n) is 1.47. The van der Waals surface area contributed by atoms with Crippen molar-refractivity contribution in [2.24, 2.45) is 5.73 Å². The Morgan fingerprint density at radius 3 is 2.11 bits per heavy atom. The first-order valence-corrected chi connectivity index (χ1v) is 5.74. The molecule has 0 saturated carbocycles. The number of carboxylic acid groups (broad SMARTS) is 2. The fourth-order valence-corrected chi connectivity index (χ4v) is 1.47. The monoisotopic (exact) mass is 274 g/mol. The fraction of sp³-hybridized carbons (Fsp3) is 0.636. The van der Waals surface area contributed by atoms with Crippen LogP contribution in [0.15, 0.2) is 0 Å². The third kappa shape index (κ3) is 8.86. The second-order valence-corrected chi connectivity index (χ2v) is 4.06. The molecule has 108 valence electrons. The van der Waals surface area contributed by atoms with E-state index in [1.807, 2.05) is 0 Å². The smallest absolute Gasteiger partial charge is 0.317 e. The summed E-state index contributed by atoms with van der Waals surface area (Å²) in [5, 5.41) is 17.2. The Labute approximate surface area is 110 Å². The minimum Gasteiger partial charge on any atom is -0.480 e. The zero-order chi connectivity index (χ0) is 14.8. The van der Waals surface area contributed by atoms with Crippen LogP contribution < -0.4 is 5.73 Å². The van der Waals surface area contributed by atoms with Gasteiger partial charge in [-0.1, -0.05) is 0 Å². The van der Waals surface area contributed by atoms with Crippen molar-refractivity contribution in [3.05, 3.63) is 0 Å². The maximum atomic E-state index is 11.4. The summed E-state index contributed by atoms with van der Waals surface area (Å²) < 4.78 is 0. The number of carbonyl (C=O) groups is 4. The molecule has 0 rings (SSSR count). The van der Waals surface area contributed by atoms with Crippen LogP contribution >= 0.6 is 0 Å². The lowest BCUT2D eigenvalue weighted by atomic mass is 10.1. The Morgan fingerprint density at radius 2 is 1.68 bits per heavy atom. The van der Waals surface area contributed by atoms with Crippen molar-refractivity contribution in [3.8, 4) is 0 Å². The highest BCUT2D eigenvalue weighted by Crippen LogP contribution is 2.00. The van der Waals surface area contributed by atoms with Gasteiger partial charge in [0, 0.05) is 19.4 Å². The summed E-state index contributed by atoms with van der Waals surface area (Å²) in [6.45, 7) is -0.768. The van der Waals surface area contributed by atoms with E-state index >= 15 is 0 Å². The Balaban J connectivity index is 4.21. The van der Waals surface area contributed by atoms with Crippen molar-refractivity contribution >= 4 is 24.0 Å². The highest BCUT2D eigenvalue weighted by Gasteiger charge is 2.17. The molecule has 0 saturated heterocycles. The molecule has 0 spiro atoms. The molecule has 8 heteroatoms. The van der Waals surface area contributed by atoms with Crippen LogP contribution in [-0.2, 0) is 19.2 Å². The number of aliphatic carboxylic acids is 2. The van der Waals surface area contributed by atoms with E-state index in [4.69, 9.17) is 15.9 Å². The third-order valence-corrected chi connectivity index (χ3v) is 2.40. The van der Waals surface area contributed by atoms with Gasteiger partial charge in [0.25, 0.3) is 0 Å². The molecule has 4 N–H and O–H groups in total. The van der Waals surface area contributed by atoms with Crippen LogP contribution in [0.25, 0.3) is 0 Å². The first-order chi connectivity index (χ1) is 8.86. The molecule has 19 heavy (non-hydrogen) atoms. The molecule has 0 bridgehead atoms. The molecule has 0 amide bonds. The number of hydrogen-bond donors (Lipinski definition) is 3. The van der Waals surface area contributed by atoms with E-state index in [1.165, 1.54) is 4.90 Å². The molecule has 1 atom stereocenters. The lowest BCUT2D eigenvalue weighted by Crippen LogP contribution is -2.39. The van der Waals surface area contributed by atoms with Crippen LogP contribution in [0.2, 0.25) is 0 Å². The second-order valence-electron chi connectivity index (χ2n) is 4.06. The first kappa shape index (κ1) is 17.2. The highest BCUT2D eigenvalue weighted by atomic mass is 16.4. The number of carbonyl (C=O) groups excluding carboxylic acids is 2. The van der Waals surface area contributed by atoms with Crippen molar-refractivity contribution < 1.29 is 29.4 Å². The molecule has 8 nitrogen and oxygen atoms in total. The van der Waals surface area contributed by atoms with Gasteiger partial charge in [-0.2, -0.15) is 0 Å². The summed E-state index contributed by atoms with van der Waals surface area (Å²) in [7, 11) is 0. The molecule has 0 aliphatic rings. The van der Waals surface area contributed by atoms with Crippen molar-refractivity contribution in [1.29, 1.82) is 0 Å². The quantitative estimate of drug-likeness (QED) is 0.396. The number of nitrogens with zero attached hydrogens (tertiary/aromatic N) is 1. The molecule has 0 fully saturated rings. The van der Waals surface area contributed by atoms with Crippen LogP contribution in [0.5, 0.6) is 0 Å². The number of carboxylic acids is 2. The van der Waals surface area contributed by atoms with E-state index in [9.17, 15) is 19.2 Å². The molecular weight excluding hydrogens is 256 g/mol. The lowest BCUT2D eigenvalue weighted by molar-refractivity contribution is -0.141. The number of ketones is 1. The van der Waals surface area contributed by atoms with E-state index in [2.05, 4.69) is 0 Å². The molecule has 0 radical (unpaired) electrons. The standard InChI is InChI=1S/C11H18N2O6/c12-8(9(15)2-1-5-14)3-4-13(6-10(16)17)7-11(18)19/h5,8H,1-4,6-7,12H2,(H,16,17)(H,18,19)/t8-/m0/s1. The number of rotatable bonds is 11. The van der Waals surface area contributed by atoms with Gasteiger partial charge >= 0.3 is 11.9 Å². The van der Waals surface area contributed by atoms with Crippen molar-refractivity contribution in [1.82, 2.24) is 4.90 Å². The van der Waals surface area contributed by atoms with Crippen LogP contribution in [0.3, 0.4) is 0 Å². The minimum absolute atomic E-state index is 0.0442. The zero-order valence-electron chi connectivity index (χ0n) is 10.4. The van der Waals surface area contributed by atoms with Gasteiger partial charge in [0.15, 0.2) is 0 Å². The second kappa shape index (κ2) is 9.17. The van der Waals surface area contributed by atoms with Gasteiger partial charge in [0.2, 0.25) is 0 Å². The molecular formula is C11H18N2O6. The zero-order valence-corrected chi connectivity index (χ0v) is 10.4. The predicted molar refractivity (Wildman–Crippen MR) is 64.6 cm³/mol. The number of nitrogens with two attached hydrogens (primary N) is 1. The van der Waals surface area contributed by atoms with E-state index < -0.39 is 31.1 Å². The Bertz CT molecular complexity index is 328. The van der Waals surface area contributed by atoms with Gasteiger partial charge in [-0.3, -0.25) is 19.3 Å². The molecule has 0 heterocycles. The lowest BCUT2D eigenvalue weighted by Gasteiger charge is -2.19. The first-order valence-electron chi connectivity index (χ1n) is 5.74. The van der Waals surface area contributed by atoms with Crippen LogP contribution in [0.1, 0.15) is 19.3 Å². The number of Topliss-reactive ketones (excluding diaryl/α,β-unsaturated/α-hetero) is 1. The van der Waals surface area contributed by atoms with Crippen molar-refractivity contribution in [2.45, 2.75) is 25.3 Å². The Morgan fingerprint density at radius 1 is 1.16 bits per heavy atom. The van der Waals surface area contributed by atoms with Gasteiger partial charge < -0.3 is 20.7 Å². The summed E-state index contributed by atoms with van der Waals surface area (Å²) in [5.41, 5.74) is 5.58. The maximum absolute atomic E-state index is 11.4. The summed E-state index contributed by atoms with van der Waals surface area (Å²) >= 11 is 0. The van der Waals surface area contributed by atoms with E-state index in [1.54, 1.807) is 0 Å². The molecule has 0 aromatic carbocycles. The predicted octanol–water partition coefficient (Wildman–Crippen LogP) is -1.28. The highest BCUT2D eigenvalue weighted by molar-refractivity contribution is 5.85. The molecule has 0 aliphatic heterocycles. The van der Waals surface area contributed by atoms with Crippen LogP contribution in [0, 0.1) is 0 Å². The molecule has 0 aromatic heterocycles. The largest absolute Gasteiger partial charge is 0.480 e. The Hall–Kier alpha value is -1.80. The molecule has 0 aliphatic carbocycles. The summed E-state index contributed by atoms with van der Waals surface area (Å²) in [6.07, 6.45) is 0.910. The maximum Gasteiger partial charge on any atom is 0.317 e. The average molecular weight is 274 g/mol. The topological polar surface area (TPSA) is 138 Å². The SMILES string of the molecule is N[C@@H](CCN(CC(=O)O)CC(=O)O)C(=O)CCC=O. The third-order valence-electron chi connectivity index (χ3n) is 2.40. The van der Waals surface area contributed by atoms with E-state index in [-0.39, 0.29) is 31.6 Å². The summed E-state index contributed by atoms with van der Waals surface area (Å²) in [5.74, 6) is -2.60. The van der Waals surface area contributed by atoms with Gasteiger partial charge in [-0.05, 0) is 6.42 Å². The van der Waals surface area contributed by atoms with Crippen molar-refractivity contribution in [2.75, 3.05) is 19.6 Å². The molecule has 0 aromatic rings. The molecule has 0 unspecified atom stereocenters. The minimum atomic E-state index is -1.15. The summed E-state index contributed by atoms with van der Waals surface area (Å²) in [6, 6.07) is -0.815. The Kier molecular flexibility index (Phi) is 8.30. The van der Waals surface area contributed by atoms with E-state index in [0.29, 0.717) is 6.29 Å². The van der Waals surface area contributed by atoms with Gasteiger partial charge in [-0.15, -0.1) is 0 Å². The van der Waals surface area contributed by atoms with Crippen LogP contribution in [-0.4, -0.2) is 64.8 Å². The van der Waals surface area contributed by atoms with Crippen LogP contribution in [0.4, 0.5) is 0 Å². The van der Waals surface area contributed by atoms with E-state index in [0.717, 1.165) is 0 Å². The summed E-state index contributed by atoms with van der Waals surface area (Å²) in [4.78, 5) is 43.8. The van der Waals surface area contributed by atoms with Gasteiger partial charge in [0.05, 0.1) is 19.1 Å². The normalized spacial score (nSPS) is 12.1.